The SMILES string of the molecule is Cc1noc(C)c1CCc1nc(-c2ccc(S(C)(=O)=O)cc2)no1. The van der Waals surface area contributed by atoms with E-state index in [0.717, 1.165) is 17.0 Å². The van der Waals surface area contributed by atoms with Crippen LogP contribution in [0.15, 0.2) is 38.2 Å². The number of nitrogens with zero attached hydrogens (tertiary/aromatic N) is 3. The second-order valence-corrected chi connectivity index (χ2v) is 7.63. The second kappa shape index (κ2) is 6.20. The topological polar surface area (TPSA) is 99.1 Å². The molecule has 0 spiro atoms. The van der Waals surface area contributed by atoms with Gasteiger partial charge in [-0.1, -0.05) is 10.3 Å². The standard InChI is InChI=1S/C16H17N3O4S/c1-10-14(11(2)22-18-10)8-9-15-17-16(19-23-15)12-4-6-13(7-5-12)24(3,20)21/h4-7H,8-9H2,1-3H3. The van der Waals surface area contributed by atoms with Gasteiger partial charge in [0.2, 0.25) is 11.7 Å². The Bertz CT molecular complexity index is 936. The fraction of sp³-hybridized carbons (Fsp3) is 0.312. The number of rotatable bonds is 5. The minimum Gasteiger partial charge on any atom is -0.361 e. The van der Waals surface area contributed by atoms with Gasteiger partial charge < -0.3 is 9.05 Å². The van der Waals surface area contributed by atoms with Gasteiger partial charge in [-0.2, -0.15) is 4.98 Å². The molecule has 0 saturated heterocycles. The van der Waals surface area contributed by atoms with Crippen molar-refractivity contribution in [2.24, 2.45) is 0 Å². The van der Waals surface area contributed by atoms with E-state index in [2.05, 4.69) is 15.3 Å². The summed E-state index contributed by atoms with van der Waals surface area (Å²) in [5, 5.41) is 7.87. The molecule has 0 fully saturated rings. The molecule has 0 amide bonds. The molecule has 0 bridgehead atoms. The van der Waals surface area contributed by atoms with Gasteiger partial charge in [0.15, 0.2) is 9.84 Å². The van der Waals surface area contributed by atoms with Gasteiger partial charge in [-0.25, -0.2) is 8.42 Å². The summed E-state index contributed by atoms with van der Waals surface area (Å²) in [5.74, 6) is 1.74. The number of hydrogen-bond acceptors (Lipinski definition) is 7. The molecule has 0 N–H and O–H groups in total. The van der Waals surface area contributed by atoms with E-state index < -0.39 is 9.84 Å². The summed E-state index contributed by atoms with van der Waals surface area (Å²) in [6.45, 7) is 3.77. The van der Waals surface area contributed by atoms with Gasteiger partial charge in [0.05, 0.1) is 10.6 Å². The van der Waals surface area contributed by atoms with Crippen LogP contribution in [0, 0.1) is 13.8 Å². The molecule has 126 valence electrons. The predicted molar refractivity (Wildman–Crippen MR) is 86.2 cm³/mol. The lowest BCUT2D eigenvalue weighted by Gasteiger charge is -1.98. The fourth-order valence-corrected chi connectivity index (χ4v) is 3.05. The van der Waals surface area contributed by atoms with Gasteiger partial charge >= 0.3 is 0 Å². The number of hydrogen-bond donors (Lipinski definition) is 0. The van der Waals surface area contributed by atoms with Gasteiger partial charge in [-0.05, 0) is 44.5 Å². The quantitative estimate of drug-likeness (QED) is 0.699. The fourth-order valence-electron chi connectivity index (χ4n) is 2.42. The van der Waals surface area contributed by atoms with Crippen molar-refractivity contribution >= 4 is 9.84 Å². The van der Waals surface area contributed by atoms with Gasteiger partial charge in [0.25, 0.3) is 0 Å². The van der Waals surface area contributed by atoms with E-state index in [1.807, 2.05) is 13.8 Å². The first kappa shape index (κ1) is 16.4. The van der Waals surface area contributed by atoms with Crippen LogP contribution in [0.3, 0.4) is 0 Å². The third-order valence-corrected chi connectivity index (χ3v) is 4.91. The third-order valence-electron chi connectivity index (χ3n) is 3.78. The van der Waals surface area contributed by atoms with Gasteiger partial charge in [0, 0.05) is 23.8 Å². The number of aryl methyl sites for hydroxylation is 3. The average Bonchev–Trinajstić information content (AvgIpc) is 3.12. The lowest BCUT2D eigenvalue weighted by Crippen LogP contribution is -1.96. The molecule has 2 heterocycles. The maximum Gasteiger partial charge on any atom is 0.227 e. The van der Waals surface area contributed by atoms with E-state index in [0.29, 0.717) is 30.1 Å². The molecular formula is C16H17N3O4S. The lowest BCUT2D eigenvalue weighted by atomic mass is 10.1. The minimum atomic E-state index is -3.22. The van der Waals surface area contributed by atoms with Crippen molar-refractivity contribution < 1.29 is 17.5 Å². The summed E-state index contributed by atoms with van der Waals surface area (Å²) in [5.41, 5.74) is 2.62. The Labute approximate surface area is 139 Å². The monoisotopic (exact) mass is 347 g/mol. The molecule has 7 nitrogen and oxygen atoms in total. The molecule has 0 aliphatic rings. The second-order valence-electron chi connectivity index (χ2n) is 5.61. The molecule has 8 heteroatoms. The third kappa shape index (κ3) is 3.38. The number of benzene rings is 1. The largest absolute Gasteiger partial charge is 0.361 e. The van der Waals surface area contributed by atoms with Crippen LogP contribution < -0.4 is 0 Å². The maximum atomic E-state index is 11.5. The van der Waals surface area contributed by atoms with Crippen LogP contribution in [0.2, 0.25) is 0 Å². The van der Waals surface area contributed by atoms with Crippen LogP contribution in [-0.2, 0) is 22.7 Å². The Hall–Kier alpha value is -2.48. The van der Waals surface area contributed by atoms with E-state index in [9.17, 15) is 8.42 Å². The molecule has 0 unspecified atom stereocenters. The van der Waals surface area contributed by atoms with Crippen LogP contribution in [0.25, 0.3) is 11.4 Å². The van der Waals surface area contributed by atoms with Gasteiger partial charge in [-0.15, -0.1) is 0 Å². The Morgan fingerprint density at radius 2 is 1.71 bits per heavy atom. The van der Waals surface area contributed by atoms with Crippen molar-refractivity contribution in [1.29, 1.82) is 0 Å². The van der Waals surface area contributed by atoms with E-state index in [4.69, 9.17) is 9.05 Å². The molecule has 24 heavy (non-hydrogen) atoms. The minimum absolute atomic E-state index is 0.258. The molecule has 0 saturated carbocycles. The first-order valence-electron chi connectivity index (χ1n) is 7.39. The smallest absolute Gasteiger partial charge is 0.227 e. The Balaban J connectivity index is 1.74. The molecule has 3 rings (SSSR count). The Morgan fingerprint density at radius 3 is 2.29 bits per heavy atom. The van der Waals surface area contributed by atoms with Gasteiger partial charge in [0.1, 0.15) is 5.76 Å². The van der Waals surface area contributed by atoms with Crippen molar-refractivity contribution in [2.45, 2.75) is 31.6 Å². The molecule has 0 atom stereocenters. The number of sulfone groups is 1. The highest BCUT2D eigenvalue weighted by atomic mass is 32.2. The van der Waals surface area contributed by atoms with E-state index in [1.165, 1.54) is 18.4 Å². The normalized spacial score (nSPS) is 11.8. The molecule has 3 aromatic rings. The van der Waals surface area contributed by atoms with Crippen LogP contribution in [0.4, 0.5) is 0 Å². The summed E-state index contributed by atoms with van der Waals surface area (Å²) in [6.07, 6.45) is 2.45. The zero-order valence-electron chi connectivity index (χ0n) is 13.6. The van der Waals surface area contributed by atoms with E-state index >= 15 is 0 Å². The highest BCUT2D eigenvalue weighted by Crippen LogP contribution is 2.20. The molecular weight excluding hydrogens is 330 g/mol. The summed E-state index contributed by atoms with van der Waals surface area (Å²) in [4.78, 5) is 4.61. The van der Waals surface area contributed by atoms with Crippen molar-refractivity contribution in [3.8, 4) is 11.4 Å². The summed E-state index contributed by atoms with van der Waals surface area (Å²) < 4.78 is 33.3. The summed E-state index contributed by atoms with van der Waals surface area (Å²) in [7, 11) is -3.22. The van der Waals surface area contributed by atoms with Crippen molar-refractivity contribution in [3.05, 3.63) is 47.2 Å². The van der Waals surface area contributed by atoms with Crippen LogP contribution in [0.5, 0.6) is 0 Å². The van der Waals surface area contributed by atoms with Crippen LogP contribution in [-0.4, -0.2) is 30.0 Å². The Morgan fingerprint density at radius 1 is 1.00 bits per heavy atom. The molecule has 0 aliphatic carbocycles. The summed E-state index contributed by atoms with van der Waals surface area (Å²) >= 11 is 0. The lowest BCUT2D eigenvalue weighted by molar-refractivity contribution is 0.377. The zero-order chi connectivity index (χ0) is 17.3. The van der Waals surface area contributed by atoms with Gasteiger partial charge in [-0.3, -0.25) is 0 Å². The first-order chi connectivity index (χ1) is 11.3. The van der Waals surface area contributed by atoms with Crippen molar-refractivity contribution in [2.75, 3.05) is 6.26 Å². The molecule has 0 radical (unpaired) electrons. The molecule has 1 aromatic carbocycles. The van der Waals surface area contributed by atoms with Crippen LogP contribution in [0.1, 0.15) is 22.9 Å². The van der Waals surface area contributed by atoms with E-state index in [1.54, 1.807) is 12.1 Å². The zero-order valence-corrected chi connectivity index (χ0v) is 14.4. The van der Waals surface area contributed by atoms with Crippen molar-refractivity contribution in [3.63, 3.8) is 0 Å². The molecule has 2 aromatic heterocycles. The highest BCUT2D eigenvalue weighted by Gasteiger charge is 2.14. The van der Waals surface area contributed by atoms with Crippen molar-refractivity contribution in [1.82, 2.24) is 15.3 Å². The molecule has 0 aliphatic heterocycles. The van der Waals surface area contributed by atoms with Crippen LogP contribution >= 0.6 is 0 Å². The number of aromatic nitrogens is 3. The summed E-state index contributed by atoms with van der Waals surface area (Å²) in [6, 6.07) is 6.40. The predicted octanol–water partition coefficient (Wildman–Crippen LogP) is 2.53. The van der Waals surface area contributed by atoms with E-state index in [-0.39, 0.29) is 4.90 Å². The maximum absolute atomic E-state index is 11.5. The first-order valence-corrected chi connectivity index (χ1v) is 9.28. The average molecular weight is 347 g/mol. The highest BCUT2D eigenvalue weighted by molar-refractivity contribution is 7.90. The Kier molecular flexibility index (Phi) is 4.23.